The Balaban J connectivity index is 0.00000324. The molecule has 1 aliphatic heterocycles. The Morgan fingerprint density at radius 2 is 2.21 bits per heavy atom. The average molecular weight is 295 g/mol. The Morgan fingerprint density at radius 1 is 1.47 bits per heavy atom. The van der Waals surface area contributed by atoms with Crippen LogP contribution in [0.1, 0.15) is 33.1 Å². The molecule has 1 amide bonds. The molecule has 5 nitrogen and oxygen atoms in total. The molecule has 0 spiro atoms. The number of aliphatic hydroxyl groups is 1. The molecule has 2 unspecified atom stereocenters. The summed E-state index contributed by atoms with van der Waals surface area (Å²) >= 11 is 0. The van der Waals surface area contributed by atoms with Crippen molar-refractivity contribution >= 4 is 18.3 Å². The van der Waals surface area contributed by atoms with Crippen molar-refractivity contribution in [1.82, 2.24) is 10.6 Å². The first kappa shape index (κ1) is 18.6. The van der Waals surface area contributed by atoms with Crippen molar-refractivity contribution < 1.29 is 14.6 Å². The molecule has 1 saturated heterocycles. The van der Waals surface area contributed by atoms with Crippen LogP contribution in [0.2, 0.25) is 0 Å². The molecule has 0 aliphatic carbocycles. The number of ether oxygens (including phenoxy) is 1. The quantitative estimate of drug-likeness (QED) is 0.616. The van der Waals surface area contributed by atoms with E-state index in [0.717, 1.165) is 26.0 Å². The summed E-state index contributed by atoms with van der Waals surface area (Å²) in [4.78, 5) is 11.5. The summed E-state index contributed by atoms with van der Waals surface area (Å²) in [6.07, 6.45) is 2.72. The van der Waals surface area contributed by atoms with Gasteiger partial charge < -0.3 is 20.5 Å². The first-order valence-corrected chi connectivity index (χ1v) is 6.86. The molecule has 114 valence electrons. The van der Waals surface area contributed by atoms with Gasteiger partial charge in [-0.05, 0) is 25.2 Å². The van der Waals surface area contributed by atoms with E-state index in [4.69, 9.17) is 4.74 Å². The zero-order valence-electron chi connectivity index (χ0n) is 11.9. The second-order valence-electron chi connectivity index (χ2n) is 5.22. The summed E-state index contributed by atoms with van der Waals surface area (Å²) < 4.78 is 5.45. The largest absolute Gasteiger partial charge is 0.393 e. The van der Waals surface area contributed by atoms with E-state index in [1.165, 1.54) is 0 Å². The molecule has 0 saturated carbocycles. The maximum atomic E-state index is 11.5. The Labute approximate surface area is 121 Å². The second kappa shape index (κ2) is 10.4. The zero-order valence-corrected chi connectivity index (χ0v) is 12.7. The summed E-state index contributed by atoms with van der Waals surface area (Å²) in [7, 11) is 0. The molecule has 0 radical (unpaired) electrons. The van der Waals surface area contributed by atoms with Crippen LogP contribution < -0.4 is 10.6 Å². The molecule has 1 heterocycles. The number of amides is 1. The van der Waals surface area contributed by atoms with Gasteiger partial charge >= 0.3 is 0 Å². The monoisotopic (exact) mass is 294 g/mol. The highest BCUT2D eigenvalue weighted by Crippen LogP contribution is 2.10. The van der Waals surface area contributed by atoms with Crippen molar-refractivity contribution in [2.75, 3.05) is 26.2 Å². The molecule has 6 heteroatoms. The zero-order chi connectivity index (χ0) is 13.4. The molecule has 0 bridgehead atoms. The van der Waals surface area contributed by atoms with Crippen molar-refractivity contribution in [3.05, 3.63) is 0 Å². The number of hydrogen-bond donors (Lipinski definition) is 3. The highest BCUT2D eigenvalue weighted by Gasteiger charge is 2.15. The van der Waals surface area contributed by atoms with Gasteiger partial charge in [0.05, 0.1) is 18.8 Å². The van der Waals surface area contributed by atoms with Crippen molar-refractivity contribution in [3.63, 3.8) is 0 Å². The Morgan fingerprint density at radius 3 is 2.79 bits per heavy atom. The van der Waals surface area contributed by atoms with Crippen molar-refractivity contribution in [2.24, 2.45) is 5.92 Å². The fraction of sp³-hybridized carbons (Fsp3) is 0.923. The van der Waals surface area contributed by atoms with Gasteiger partial charge in [-0.15, -0.1) is 12.4 Å². The van der Waals surface area contributed by atoms with Crippen LogP contribution in [0, 0.1) is 5.92 Å². The Kier molecular flexibility index (Phi) is 10.2. The molecule has 0 aromatic rings. The van der Waals surface area contributed by atoms with E-state index in [1.54, 1.807) is 0 Å². The maximum Gasteiger partial charge on any atom is 0.233 e. The highest BCUT2D eigenvalue weighted by molar-refractivity contribution is 5.85. The number of rotatable bonds is 8. The molecule has 2 atom stereocenters. The van der Waals surface area contributed by atoms with Gasteiger partial charge in [-0.2, -0.15) is 0 Å². The molecule has 1 aliphatic rings. The standard InChI is InChI=1S/C13H26N2O3.ClH/c1-10(2)12(16)5-6-15-13(17)9-14-8-11-4-3-7-18-11;/h10-12,14,16H,3-9H2,1-2H3,(H,15,17);1H. The van der Waals surface area contributed by atoms with Crippen molar-refractivity contribution in [2.45, 2.75) is 45.3 Å². The lowest BCUT2D eigenvalue weighted by Crippen LogP contribution is -2.38. The van der Waals surface area contributed by atoms with E-state index in [1.807, 2.05) is 13.8 Å². The number of carbonyl (C=O) groups is 1. The lowest BCUT2D eigenvalue weighted by molar-refractivity contribution is -0.120. The van der Waals surface area contributed by atoms with E-state index in [-0.39, 0.29) is 36.4 Å². The van der Waals surface area contributed by atoms with Crippen LogP contribution in [0.5, 0.6) is 0 Å². The van der Waals surface area contributed by atoms with E-state index in [2.05, 4.69) is 10.6 Å². The topological polar surface area (TPSA) is 70.6 Å². The minimum Gasteiger partial charge on any atom is -0.393 e. The first-order chi connectivity index (χ1) is 8.59. The maximum absolute atomic E-state index is 11.5. The number of halogens is 1. The summed E-state index contributed by atoms with van der Waals surface area (Å²) in [5.41, 5.74) is 0. The van der Waals surface area contributed by atoms with E-state index >= 15 is 0 Å². The van der Waals surface area contributed by atoms with Crippen LogP contribution >= 0.6 is 12.4 Å². The first-order valence-electron chi connectivity index (χ1n) is 6.86. The van der Waals surface area contributed by atoms with Crippen LogP contribution in [0.25, 0.3) is 0 Å². The second-order valence-corrected chi connectivity index (χ2v) is 5.22. The summed E-state index contributed by atoms with van der Waals surface area (Å²) in [6, 6.07) is 0. The predicted octanol–water partition coefficient (Wildman–Crippen LogP) is 0.700. The van der Waals surface area contributed by atoms with Crippen molar-refractivity contribution in [1.29, 1.82) is 0 Å². The van der Waals surface area contributed by atoms with Crippen LogP contribution in [-0.2, 0) is 9.53 Å². The lowest BCUT2D eigenvalue weighted by atomic mass is 10.0. The third kappa shape index (κ3) is 8.42. The molecular formula is C13H27ClN2O3. The SMILES string of the molecule is CC(C)C(O)CCNC(=O)CNCC1CCCO1.Cl. The van der Waals surface area contributed by atoms with E-state index in [0.29, 0.717) is 19.5 Å². The van der Waals surface area contributed by atoms with Gasteiger partial charge in [0.1, 0.15) is 0 Å². The third-order valence-corrected chi connectivity index (χ3v) is 3.21. The van der Waals surface area contributed by atoms with Gasteiger partial charge in [0, 0.05) is 19.7 Å². The van der Waals surface area contributed by atoms with Crippen molar-refractivity contribution in [3.8, 4) is 0 Å². The number of aliphatic hydroxyl groups excluding tert-OH is 1. The minimum absolute atomic E-state index is 0. The van der Waals surface area contributed by atoms with Gasteiger partial charge in [0.25, 0.3) is 0 Å². The van der Waals surface area contributed by atoms with Crippen LogP contribution in [0.4, 0.5) is 0 Å². The number of carbonyl (C=O) groups excluding carboxylic acids is 1. The van der Waals surface area contributed by atoms with Gasteiger partial charge in [-0.1, -0.05) is 13.8 Å². The molecule has 0 aromatic heterocycles. The molecular weight excluding hydrogens is 268 g/mol. The summed E-state index contributed by atoms with van der Waals surface area (Å²) in [5.74, 6) is 0.212. The lowest BCUT2D eigenvalue weighted by Gasteiger charge is -2.15. The van der Waals surface area contributed by atoms with E-state index in [9.17, 15) is 9.90 Å². The fourth-order valence-electron chi connectivity index (χ4n) is 1.91. The molecule has 3 N–H and O–H groups in total. The molecule has 1 rings (SSSR count). The summed E-state index contributed by atoms with van der Waals surface area (Å²) in [6.45, 7) is 6.36. The number of hydrogen-bond acceptors (Lipinski definition) is 4. The minimum atomic E-state index is -0.342. The summed E-state index contributed by atoms with van der Waals surface area (Å²) in [5, 5.41) is 15.5. The number of nitrogens with one attached hydrogen (secondary N) is 2. The normalized spacial score (nSPS) is 20.1. The molecule has 19 heavy (non-hydrogen) atoms. The Bertz CT molecular complexity index is 236. The molecule has 1 fully saturated rings. The average Bonchev–Trinajstić information content (AvgIpc) is 2.81. The van der Waals surface area contributed by atoms with Gasteiger partial charge in [-0.3, -0.25) is 4.79 Å². The van der Waals surface area contributed by atoms with Crippen LogP contribution in [0.15, 0.2) is 0 Å². The van der Waals surface area contributed by atoms with Gasteiger partial charge in [0.2, 0.25) is 5.91 Å². The van der Waals surface area contributed by atoms with E-state index < -0.39 is 0 Å². The Hall–Kier alpha value is -0.360. The smallest absolute Gasteiger partial charge is 0.233 e. The van der Waals surface area contributed by atoms with Crippen LogP contribution in [-0.4, -0.2) is 49.5 Å². The third-order valence-electron chi connectivity index (χ3n) is 3.21. The highest BCUT2D eigenvalue weighted by atomic mass is 35.5. The van der Waals surface area contributed by atoms with Gasteiger partial charge in [-0.25, -0.2) is 0 Å². The van der Waals surface area contributed by atoms with Gasteiger partial charge in [0.15, 0.2) is 0 Å². The van der Waals surface area contributed by atoms with Crippen LogP contribution in [0.3, 0.4) is 0 Å². The molecule has 0 aromatic carbocycles. The predicted molar refractivity (Wildman–Crippen MR) is 77.6 cm³/mol. The fourth-order valence-corrected chi connectivity index (χ4v) is 1.91.